The lowest BCUT2D eigenvalue weighted by Gasteiger charge is -2.14. The molecule has 1 heterocycles. The molecule has 1 atom stereocenters. The molecule has 0 aliphatic carbocycles. The highest BCUT2D eigenvalue weighted by Gasteiger charge is 2.37. The van der Waals surface area contributed by atoms with Gasteiger partial charge in [-0.2, -0.15) is 0 Å². The Morgan fingerprint density at radius 3 is 2.67 bits per heavy atom. The quantitative estimate of drug-likeness (QED) is 0.849. The first-order chi connectivity index (χ1) is 9.90. The summed E-state index contributed by atoms with van der Waals surface area (Å²) >= 11 is 0. The zero-order valence-electron chi connectivity index (χ0n) is 12.0. The first-order valence-corrected chi connectivity index (χ1v) is 6.95. The van der Waals surface area contributed by atoms with Gasteiger partial charge < -0.3 is 5.32 Å². The fourth-order valence-corrected chi connectivity index (χ4v) is 2.39. The second kappa shape index (κ2) is 6.20. The summed E-state index contributed by atoms with van der Waals surface area (Å²) in [5, 5.41) is 2.62. The van der Waals surface area contributed by atoms with Crippen LogP contribution in [0.3, 0.4) is 0 Å². The van der Waals surface area contributed by atoms with Gasteiger partial charge in [0.1, 0.15) is 6.04 Å². The number of halogens is 2. The Bertz CT molecular complexity index is 561. The summed E-state index contributed by atoms with van der Waals surface area (Å²) in [6.45, 7) is 3.97. The van der Waals surface area contributed by atoms with Crippen molar-refractivity contribution in [2.45, 2.75) is 32.7 Å². The number of benzene rings is 1. The Labute approximate surface area is 122 Å². The second-order valence-corrected chi connectivity index (χ2v) is 5.58. The van der Waals surface area contributed by atoms with Crippen LogP contribution in [0.5, 0.6) is 0 Å². The maximum absolute atomic E-state index is 13.5. The van der Waals surface area contributed by atoms with E-state index in [1.54, 1.807) is 0 Å². The Hall–Kier alpha value is -1.98. The molecule has 1 fully saturated rings. The lowest BCUT2D eigenvalue weighted by molar-refractivity contribution is -0.127. The topological polar surface area (TPSA) is 49.4 Å². The molecule has 0 unspecified atom stereocenters. The first-order valence-electron chi connectivity index (χ1n) is 6.95. The zero-order chi connectivity index (χ0) is 15.6. The van der Waals surface area contributed by atoms with E-state index >= 15 is 0 Å². The van der Waals surface area contributed by atoms with E-state index < -0.39 is 23.7 Å². The van der Waals surface area contributed by atoms with Gasteiger partial charge in [-0.15, -0.1) is 0 Å². The molecule has 2 rings (SSSR count). The molecule has 1 aromatic carbocycles. The van der Waals surface area contributed by atoms with Gasteiger partial charge in [0, 0.05) is 6.54 Å². The highest BCUT2D eigenvalue weighted by Crippen LogP contribution is 2.16. The van der Waals surface area contributed by atoms with Crippen LogP contribution in [-0.2, 0) is 11.2 Å². The minimum Gasteiger partial charge on any atom is -0.326 e. The van der Waals surface area contributed by atoms with Crippen LogP contribution in [0.25, 0.3) is 0 Å². The third-order valence-electron chi connectivity index (χ3n) is 3.45. The predicted octanol–water partition coefficient (Wildman–Crippen LogP) is 2.47. The lowest BCUT2D eigenvalue weighted by atomic mass is 10.0. The molecule has 1 aromatic rings. The largest absolute Gasteiger partial charge is 0.326 e. The number of hydrogen-bond donors (Lipinski definition) is 1. The molecular formula is C15H18F2N2O2. The number of urea groups is 1. The van der Waals surface area contributed by atoms with Crippen molar-refractivity contribution in [1.29, 1.82) is 0 Å². The highest BCUT2D eigenvalue weighted by molar-refractivity contribution is 6.04. The van der Waals surface area contributed by atoms with Crippen LogP contribution < -0.4 is 5.32 Å². The van der Waals surface area contributed by atoms with Crippen LogP contribution in [0.15, 0.2) is 18.2 Å². The van der Waals surface area contributed by atoms with Gasteiger partial charge in [-0.3, -0.25) is 9.69 Å². The zero-order valence-corrected chi connectivity index (χ0v) is 12.0. The number of nitrogens with zero attached hydrogens (tertiary/aromatic N) is 1. The van der Waals surface area contributed by atoms with Gasteiger partial charge in [0.15, 0.2) is 11.6 Å². The smallest absolute Gasteiger partial charge is 0.324 e. The summed E-state index contributed by atoms with van der Waals surface area (Å²) < 4.78 is 26.6. The van der Waals surface area contributed by atoms with Gasteiger partial charge in [0.05, 0.1) is 0 Å². The van der Waals surface area contributed by atoms with Crippen molar-refractivity contribution < 1.29 is 18.4 Å². The average Bonchev–Trinajstić information content (AvgIpc) is 2.66. The molecule has 0 radical (unpaired) electrons. The number of nitrogens with one attached hydrogen (secondary N) is 1. The summed E-state index contributed by atoms with van der Waals surface area (Å²) in [7, 11) is 0. The lowest BCUT2D eigenvalue weighted by Crippen LogP contribution is -2.33. The van der Waals surface area contributed by atoms with Crippen molar-refractivity contribution in [3.63, 3.8) is 0 Å². The number of carbonyl (C=O) groups excluding carboxylic acids is 2. The van der Waals surface area contributed by atoms with E-state index in [0.29, 0.717) is 6.42 Å². The van der Waals surface area contributed by atoms with Crippen molar-refractivity contribution >= 4 is 11.9 Å². The molecule has 1 N–H and O–H groups in total. The van der Waals surface area contributed by atoms with Gasteiger partial charge in [0.25, 0.3) is 5.91 Å². The summed E-state index contributed by atoms with van der Waals surface area (Å²) in [5.74, 6) is -1.88. The summed E-state index contributed by atoms with van der Waals surface area (Å²) in [4.78, 5) is 24.9. The SMILES string of the molecule is CC(C)C[C@H]1NC(=O)N(CCc2cccc(F)c2F)C1=O. The van der Waals surface area contributed by atoms with Crippen molar-refractivity contribution in [2.75, 3.05) is 6.54 Å². The average molecular weight is 296 g/mol. The monoisotopic (exact) mass is 296 g/mol. The standard InChI is InChI=1S/C15H18F2N2O2/c1-9(2)8-12-14(20)19(15(21)18-12)7-6-10-4-3-5-11(16)13(10)17/h3-5,9,12H,6-8H2,1-2H3,(H,18,21)/t12-/m1/s1. The number of imide groups is 1. The van der Waals surface area contributed by atoms with E-state index in [-0.39, 0.29) is 30.4 Å². The van der Waals surface area contributed by atoms with E-state index in [2.05, 4.69) is 5.32 Å². The van der Waals surface area contributed by atoms with Gasteiger partial charge in [-0.05, 0) is 30.4 Å². The van der Waals surface area contributed by atoms with E-state index in [1.807, 2.05) is 13.8 Å². The van der Waals surface area contributed by atoms with E-state index in [1.165, 1.54) is 12.1 Å². The molecule has 0 saturated carbocycles. The van der Waals surface area contributed by atoms with E-state index in [9.17, 15) is 18.4 Å². The van der Waals surface area contributed by atoms with Crippen LogP contribution in [0, 0.1) is 17.6 Å². The van der Waals surface area contributed by atoms with Crippen LogP contribution in [0.1, 0.15) is 25.8 Å². The third kappa shape index (κ3) is 3.37. The van der Waals surface area contributed by atoms with E-state index in [0.717, 1.165) is 11.0 Å². The Morgan fingerprint density at radius 1 is 1.29 bits per heavy atom. The molecule has 6 heteroatoms. The van der Waals surface area contributed by atoms with Gasteiger partial charge in [-0.1, -0.05) is 26.0 Å². The van der Waals surface area contributed by atoms with Crippen molar-refractivity contribution in [1.82, 2.24) is 10.2 Å². The molecule has 1 aliphatic rings. The second-order valence-electron chi connectivity index (χ2n) is 5.58. The van der Waals surface area contributed by atoms with Crippen molar-refractivity contribution in [2.24, 2.45) is 5.92 Å². The van der Waals surface area contributed by atoms with Crippen molar-refractivity contribution in [3.05, 3.63) is 35.4 Å². The molecule has 1 saturated heterocycles. The maximum Gasteiger partial charge on any atom is 0.324 e. The van der Waals surface area contributed by atoms with Crippen LogP contribution in [0.4, 0.5) is 13.6 Å². The molecule has 1 aliphatic heterocycles. The molecule has 3 amide bonds. The summed E-state index contributed by atoms with van der Waals surface area (Å²) in [6, 6.07) is 2.90. The summed E-state index contributed by atoms with van der Waals surface area (Å²) in [5.41, 5.74) is 0.155. The molecule has 114 valence electrons. The van der Waals surface area contributed by atoms with Crippen molar-refractivity contribution in [3.8, 4) is 0 Å². The predicted molar refractivity (Wildman–Crippen MR) is 73.5 cm³/mol. The minimum atomic E-state index is -0.928. The molecule has 21 heavy (non-hydrogen) atoms. The van der Waals surface area contributed by atoms with Gasteiger partial charge in [0.2, 0.25) is 0 Å². The van der Waals surface area contributed by atoms with Crippen LogP contribution in [0.2, 0.25) is 0 Å². The van der Waals surface area contributed by atoms with Gasteiger partial charge >= 0.3 is 6.03 Å². The third-order valence-corrected chi connectivity index (χ3v) is 3.45. The van der Waals surface area contributed by atoms with Crippen LogP contribution in [-0.4, -0.2) is 29.4 Å². The number of amides is 3. The highest BCUT2D eigenvalue weighted by atomic mass is 19.2. The molecular weight excluding hydrogens is 278 g/mol. The summed E-state index contributed by atoms with van der Waals surface area (Å²) in [6.07, 6.45) is 0.659. The molecule has 0 bridgehead atoms. The van der Waals surface area contributed by atoms with Gasteiger partial charge in [-0.25, -0.2) is 13.6 Å². The number of carbonyl (C=O) groups is 2. The number of rotatable bonds is 5. The van der Waals surface area contributed by atoms with Crippen LogP contribution >= 0.6 is 0 Å². The fourth-order valence-electron chi connectivity index (χ4n) is 2.39. The first kappa shape index (κ1) is 15.4. The Balaban J connectivity index is 2.01. The minimum absolute atomic E-state index is 0.0413. The molecule has 0 spiro atoms. The van der Waals surface area contributed by atoms with E-state index in [4.69, 9.17) is 0 Å². The fraction of sp³-hybridized carbons (Fsp3) is 0.467. The Kier molecular flexibility index (Phi) is 4.55. The number of hydrogen-bond acceptors (Lipinski definition) is 2. The molecule has 4 nitrogen and oxygen atoms in total. The normalized spacial score (nSPS) is 18.5. The maximum atomic E-state index is 13.5. The Morgan fingerprint density at radius 2 is 2.00 bits per heavy atom. The molecule has 0 aromatic heterocycles.